The Morgan fingerprint density at radius 1 is 0.844 bits per heavy atom. The van der Waals surface area contributed by atoms with Crippen LogP contribution < -0.4 is 14.1 Å². The van der Waals surface area contributed by atoms with E-state index in [-0.39, 0.29) is 10.9 Å². The molecule has 0 radical (unpaired) electrons. The van der Waals surface area contributed by atoms with E-state index in [2.05, 4.69) is 33.9 Å². The second-order valence-corrected chi connectivity index (χ2v) is 14.2. The smallest absolute Gasteiger partial charge is 0.258 e. The Labute approximate surface area is 192 Å². The van der Waals surface area contributed by atoms with E-state index >= 15 is 0 Å². The summed E-state index contributed by atoms with van der Waals surface area (Å²) in [5.41, 5.74) is 2.51. The summed E-state index contributed by atoms with van der Waals surface area (Å²) in [5, 5.41) is 0.138. The monoisotopic (exact) mass is 447 g/mol. The average Bonchev–Trinajstić information content (AvgIpc) is 2.78. The summed E-state index contributed by atoms with van der Waals surface area (Å²) in [6, 6.07) is 25.0. The van der Waals surface area contributed by atoms with Crippen molar-refractivity contribution in [3.05, 3.63) is 90.0 Å². The van der Waals surface area contributed by atoms with Gasteiger partial charge in [0.1, 0.15) is 11.5 Å². The highest BCUT2D eigenvalue weighted by Crippen LogP contribution is 2.37. The number of nitrogens with zero attached hydrogens (tertiary/aromatic N) is 1. The Bertz CT molecular complexity index is 1020. The zero-order valence-electron chi connectivity index (χ0n) is 19.9. The van der Waals surface area contributed by atoms with Crippen molar-refractivity contribution in [2.75, 3.05) is 12.0 Å². The second-order valence-electron chi connectivity index (χ2n) is 9.46. The molecule has 0 unspecified atom stereocenters. The Kier molecular flexibility index (Phi) is 7.09. The van der Waals surface area contributed by atoms with Crippen molar-refractivity contribution in [1.82, 2.24) is 0 Å². The van der Waals surface area contributed by atoms with Gasteiger partial charge in [0.2, 0.25) is 8.32 Å². The number of anilines is 1. The minimum atomic E-state index is -1.90. The van der Waals surface area contributed by atoms with Gasteiger partial charge in [-0.3, -0.25) is 4.79 Å². The average molecular weight is 448 g/mol. The third kappa shape index (κ3) is 5.59. The molecule has 0 atom stereocenters. The predicted octanol–water partition coefficient (Wildman–Crippen LogP) is 6.93. The van der Waals surface area contributed by atoms with Gasteiger partial charge < -0.3 is 14.1 Å². The number of carbonyl (C=O) groups excluding carboxylic acids is 1. The van der Waals surface area contributed by atoms with E-state index in [1.807, 2.05) is 78.9 Å². The normalized spacial score (nSPS) is 11.7. The Morgan fingerprint density at radius 3 is 1.94 bits per heavy atom. The van der Waals surface area contributed by atoms with Crippen LogP contribution in [0.5, 0.6) is 11.5 Å². The summed E-state index contributed by atoms with van der Waals surface area (Å²) in [4.78, 5) is 15.1. The number of hydrogen-bond donors (Lipinski definition) is 0. The molecule has 32 heavy (non-hydrogen) atoms. The van der Waals surface area contributed by atoms with Gasteiger partial charge >= 0.3 is 0 Å². The van der Waals surface area contributed by atoms with E-state index in [0.29, 0.717) is 12.1 Å². The predicted molar refractivity (Wildman–Crippen MR) is 134 cm³/mol. The molecule has 0 aliphatic carbocycles. The number of ether oxygens (including phenoxy) is 1. The molecule has 0 fully saturated rings. The van der Waals surface area contributed by atoms with E-state index in [1.54, 1.807) is 12.0 Å². The molecule has 0 saturated heterocycles. The van der Waals surface area contributed by atoms with Crippen LogP contribution in [0, 0.1) is 0 Å². The second kappa shape index (κ2) is 9.61. The molecule has 0 bridgehead atoms. The summed E-state index contributed by atoms with van der Waals surface area (Å²) in [7, 11) is -0.261. The third-order valence-corrected chi connectivity index (χ3v) is 10.5. The first-order chi connectivity index (χ1) is 15.1. The lowest BCUT2D eigenvalue weighted by Gasteiger charge is -2.36. The van der Waals surface area contributed by atoms with Crippen LogP contribution in [0.1, 0.15) is 36.7 Å². The number of methoxy groups -OCH3 is 1. The molecule has 5 heteroatoms. The standard InChI is InChI=1S/C27H33NO3Si/c1-27(2,3)32(5,6)31-25-16-12-21(13-17-25)20-28(23-14-18-24(30-4)19-15-23)26(29)22-10-8-7-9-11-22/h7-19H,20H2,1-6H3. The molecule has 0 heterocycles. The molecule has 1 amide bonds. The van der Waals surface area contributed by atoms with Crippen LogP contribution in [0.4, 0.5) is 5.69 Å². The molecule has 4 nitrogen and oxygen atoms in total. The highest BCUT2D eigenvalue weighted by Gasteiger charge is 2.38. The number of amides is 1. The third-order valence-electron chi connectivity index (χ3n) is 6.09. The number of rotatable bonds is 7. The van der Waals surface area contributed by atoms with Crippen LogP contribution in [0.15, 0.2) is 78.9 Å². The maximum absolute atomic E-state index is 13.3. The maximum Gasteiger partial charge on any atom is 0.258 e. The number of carbonyl (C=O) groups is 1. The topological polar surface area (TPSA) is 38.8 Å². The highest BCUT2D eigenvalue weighted by molar-refractivity contribution is 6.74. The largest absolute Gasteiger partial charge is 0.544 e. The molecule has 0 aromatic heterocycles. The molecule has 0 aliphatic heterocycles. The summed E-state index contributed by atoms with van der Waals surface area (Å²) < 4.78 is 11.7. The van der Waals surface area contributed by atoms with Crippen molar-refractivity contribution in [2.45, 2.75) is 45.4 Å². The minimum absolute atomic E-state index is 0.0441. The Hall–Kier alpha value is -3.05. The fourth-order valence-electron chi connectivity index (χ4n) is 3.07. The van der Waals surface area contributed by atoms with E-state index in [4.69, 9.17) is 9.16 Å². The van der Waals surface area contributed by atoms with Gasteiger partial charge in [0, 0.05) is 11.3 Å². The lowest BCUT2D eigenvalue weighted by atomic mass is 10.1. The van der Waals surface area contributed by atoms with E-state index in [0.717, 1.165) is 22.7 Å². The van der Waals surface area contributed by atoms with Crippen molar-refractivity contribution >= 4 is 19.9 Å². The summed E-state index contributed by atoms with van der Waals surface area (Å²) in [6.07, 6.45) is 0. The van der Waals surface area contributed by atoms with Crippen molar-refractivity contribution in [1.29, 1.82) is 0 Å². The van der Waals surface area contributed by atoms with Gasteiger partial charge in [0.25, 0.3) is 5.91 Å². The minimum Gasteiger partial charge on any atom is -0.544 e. The van der Waals surface area contributed by atoms with Crippen LogP contribution in [-0.2, 0) is 6.54 Å². The lowest BCUT2D eigenvalue weighted by Crippen LogP contribution is -2.43. The quantitative estimate of drug-likeness (QED) is 0.369. The van der Waals surface area contributed by atoms with Crippen LogP contribution in [0.3, 0.4) is 0 Å². The zero-order valence-corrected chi connectivity index (χ0v) is 20.9. The number of hydrogen-bond acceptors (Lipinski definition) is 3. The van der Waals surface area contributed by atoms with Crippen LogP contribution in [-0.4, -0.2) is 21.3 Å². The molecule has 3 aromatic carbocycles. The summed E-state index contributed by atoms with van der Waals surface area (Å²) in [5.74, 6) is 1.59. The first kappa shape index (κ1) is 23.6. The molecule has 0 saturated carbocycles. The van der Waals surface area contributed by atoms with Gasteiger partial charge in [-0.25, -0.2) is 0 Å². The van der Waals surface area contributed by atoms with Crippen molar-refractivity contribution in [2.24, 2.45) is 0 Å². The molecular formula is C27H33NO3Si. The lowest BCUT2D eigenvalue weighted by molar-refractivity contribution is 0.0985. The molecule has 0 aliphatic rings. The van der Waals surface area contributed by atoms with Crippen LogP contribution >= 0.6 is 0 Å². The van der Waals surface area contributed by atoms with Gasteiger partial charge in [-0.1, -0.05) is 51.1 Å². The molecule has 3 rings (SSSR count). The van der Waals surface area contributed by atoms with Gasteiger partial charge in [-0.15, -0.1) is 0 Å². The molecule has 0 N–H and O–H groups in total. The van der Waals surface area contributed by atoms with Crippen LogP contribution in [0.2, 0.25) is 18.1 Å². The Balaban J connectivity index is 1.85. The fourth-order valence-corrected chi connectivity index (χ4v) is 4.10. The van der Waals surface area contributed by atoms with Gasteiger partial charge in [0.15, 0.2) is 0 Å². The van der Waals surface area contributed by atoms with E-state index in [1.165, 1.54) is 0 Å². The molecule has 3 aromatic rings. The first-order valence-corrected chi connectivity index (χ1v) is 13.8. The van der Waals surface area contributed by atoms with Gasteiger partial charge in [0.05, 0.1) is 13.7 Å². The number of benzene rings is 3. The van der Waals surface area contributed by atoms with E-state index in [9.17, 15) is 4.79 Å². The van der Waals surface area contributed by atoms with Crippen molar-refractivity contribution < 1.29 is 14.0 Å². The van der Waals surface area contributed by atoms with Gasteiger partial charge in [-0.05, 0) is 72.2 Å². The highest BCUT2D eigenvalue weighted by atomic mass is 28.4. The molecular weight excluding hydrogens is 414 g/mol. The Morgan fingerprint density at radius 2 is 1.41 bits per heavy atom. The maximum atomic E-state index is 13.3. The fraction of sp³-hybridized carbons (Fsp3) is 0.296. The van der Waals surface area contributed by atoms with Gasteiger partial charge in [-0.2, -0.15) is 0 Å². The summed E-state index contributed by atoms with van der Waals surface area (Å²) in [6.45, 7) is 11.6. The molecule has 168 valence electrons. The first-order valence-electron chi connectivity index (χ1n) is 10.9. The zero-order chi connectivity index (χ0) is 23.4. The van der Waals surface area contributed by atoms with Crippen molar-refractivity contribution in [3.63, 3.8) is 0 Å². The SMILES string of the molecule is COc1ccc(N(Cc2ccc(O[Si](C)(C)C(C)(C)C)cc2)C(=O)c2ccccc2)cc1. The molecule has 0 spiro atoms. The van der Waals surface area contributed by atoms with E-state index < -0.39 is 8.32 Å². The summed E-state index contributed by atoms with van der Waals surface area (Å²) >= 11 is 0. The van der Waals surface area contributed by atoms with Crippen LogP contribution in [0.25, 0.3) is 0 Å². The van der Waals surface area contributed by atoms with Crippen molar-refractivity contribution in [3.8, 4) is 11.5 Å².